The van der Waals surface area contributed by atoms with Gasteiger partial charge in [0.2, 0.25) is 0 Å². The Labute approximate surface area is 92.3 Å². The van der Waals surface area contributed by atoms with Gasteiger partial charge in [-0.2, -0.15) is 0 Å². The second kappa shape index (κ2) is 4.01. The third kappa shape index (κ3) is 2.35. The van der Waals surface area contributed by atoms with Crippen LogP contribution in [0, 0.1) is 0 Å². The largest absolute Gasteiger partial charge is 0.347 e. The molecular weight excluding hydrogens is 244 g/mol. The number of benzene rings is 1. The molecule has 0 aliphatic carbocycles. The van der Waals surface area contributed by atoms with Crippen molar-refractivity contribution in [1.82, 2.24) is 0 Å². The zero-order valence-corrected chi connectivity index (χ0v) is 9.71. The van der Waals surface area contributed by atoms with Crippen molar-refractivity contribution >= 4 is 15.9 Å². The first kappa shape index (κ1) is 10.1. The lowest BCUT2D eigenvalue weighted by atomic mass is 10.1. The Kier molecular flexibility index (Phi) is 2.91. The molecule has 2 nitrogen and oxygen atoms in total. The van der Waals surface area contributed by atoms with E-state index < -0.39 is 5.79 Å². The van der Waals surface area contributed by atoms with Crippen molar-refractivity contribution in [3.63, 3.8) is 0 Å². The number of halogens is 1. The topological polar surface area (TPSA) is 18.5 Å². The summed E-state index contributed by atoms with van der Waals surface area (Å²) in [6.07, 6.45) is 0.806. The smallest absolute Gasteiger partial charge is 0.169 e. The van der Waals surface area contributed by atoms with E-state index in [4.69, 9.17) is 9.47 Å². The van der Waals surface area contributed by atoms with Gasteiger partial charge in [-0.05, 0) is 24.6 Å². The van der Waals surface area contributed by atoms with Crippen molar-refractivity contribution in [3.8, 4) is 0 Å². The van der Waals surface area contributed by atoms with Crippen LogP contribution in [-0.2, 0) is 15.9 Å². The molecule has 1 aliphatic heterocycles. The molecule has 0 spiro atoms. The Morgan fingerprint density at radius 3 is 2.36 bits per heavy atom. The summed E-state index contributed by atoms with van der Waals surface area (Å²) in [4.78, 5) is 0. The highest BCUT2D eigenvalue weighted by Crippen LogP contribution is 2.24. The average molecular weight is 257 g/mol. The Hall–Kier alpha value is -0.380. The standard InChI is InChI=1S/C11H13BrO2/c1-11(13-6-7-14-11)8-9-2-4-10(12)5-3-9/h2-5H,6-8H2,1H3. The van der Waals surface area contributed by atoms with Gasteiger partial charge < -0.3 is 9.47 Å². The van der Waals surface area contributed by atoms with Crippen molar-refractivity contribution < 1.29 is 9.47 Å². The van der Waals surface area contributed by atoms with Gasteiger partial charge in [-0.1, -0.05) is 28.1 Å². The minimum Gasteiger partial charge on any atom is -0.347 e. The van der Waals surface area contributed by atoms with E-state index in [9.17, 15) is 0 Å². The molecule has 0 aromatic heterocycles. The van der Waals surface area contributed by atoms with Crippen LogP contribution in [0.25, 0.3) is 0 Å². The van der Waals surface area contributed by atoms with Gasteiger partial charge in [0.1, 0.15) is 0 Å². The van der Waals surface area contributed by atoms with Crippen LogP contribution in [0.3, 0.4) is 0 Å². The summed E-state index contributed by atoms with van der Waals surface area (Å²) < 4.78 is 12.2. The molecule has 76 valence electrons. The maximum absolute atomic E-state index is 5.54. The summed E-state index contributed by atoms with van der Waals surface area (Å²) in [5.74, 6) is -0.423. The SMILES string of the molecule is CC1(Cc2ccc(Br)cc2)OCCO1. The first-order valence-corrected chi connectivity index (χ1v) is 5.50. The van der Waals surface area contributed by atoms with Crippen LogP contribution in [-0.4, -0.2) is 19.0 Å². The summed E-state index contributed by atoms with van der Waals surface area (Å²) in [7, 11) is 0. The molecule has 0 amide bonds. The molecule has 1 saturated heterocycles. The number of hydrogen-bond donors (Lipinski definition) is 0. The molecule has 0 atom stereocenters. The van der Waals surface area contributed by atoms with Crippen molar-refractivity contribution in [1.29, 1.82) is 0 Å². The molecule has 1 aromatic rings. The summed E-state index contributed by atoms with van der Waals surface area (Å²) in [5.41, 5.74) is 1.23. The highest BCUT2D eigenvalue weighted by atomic mass is 79.9. The molecular formula is C11H13BrO2. The van der Waals surface area contributed by atoms with Crippen LogP contribution < -0.4 is 0 Å². The van der Waals surface area contributed by atoms with E-state index in [0.29, 0.717) is 13.2 Å². The Morgan fingerprint density at radius 2 is 1.79 bits per heavy atom. The van der Waals surface area contributed by atoms with Gasteiger partial charge in [-0.15, -0.1) is 0 Å². The van der Waals surface area contributed by atoms with Crippen LogP contribution in [0.4, 0.5) is 0 Å². The van der Waals surface area contributed by atoms with Crippen LogP contribution in [0.15, 0.2) is 28.7 Å². The fraction of sp³-hybridized carbons (Fsp3) is 0.455. The average Bonchev–Trinajstić information content (AvgIpc) is 2.57. The van der Waals surface area contributed by atoms with E-state index in [1.165, 1.54) is 5.56 Å². The van der Waals surface area contributed by atoms with Crippen molar-refractivity contribution in [2.75, 3.05) is 13.2 Å². The maximum atomic E-state index is 5.54. The van der Waals surface area contributed by atoms with Crippen LogP contribution in [0.1, 0.15) is 12.5 Å². The van der Waals surface area contributed by atoms with Gasteiger partial charge in [-0.3, -0.25) is 0 Å². The monoisotopic (exact) mass is 256 g/mol. The van der Waals surface area contributed by atoms with Crippen LogP contribution in [0.2, 0.25) is 0 Å². The van der Waals surface area contributed by atoms with Gasteiger partial charge in [0.05, 0.1) is 13.2 Å². The molecule has 1 aliphatic rings. The predicted octanol–water partition coefficient (Wildman–Crippen LogP) is 2.75. The van der Waals surface area contributed by atoms with Crippen molar-refractivity contribution in [3.05, 3.63) is 34.3 Å². The van der Waals surface area contributed by atoms with E-state index in [1.54, 1.807) is 0 Å². The van der Waals surface area contributed by atoms with E-state index in [0.717, 1.165) is 10.9 Å². The number of ether oxygens (including phenoxy) is 2. The van der Waals surface area contributed by atoms with Crippen LogP contribution in [0.5, 0.6) is 0 Å². The summed E-state index contributed by atoms with van der Waals surface area (Å²) in [6.45, 7) is 3.39. The Bertz CT molecular complexity index is 302. The summed E-state index contributed by atoms with van der Waals surface area (Å²) in [5, 5.41) is 0. The lowest BCUT2D eigenvalue weighted by Gasteiger charge is -2.22. The molecule has 14 heavy (non-hydrogen) atoms. The summed E-state index contributed by atoms with van der Waals surface area (Å²) in [6, 6.07) is 8.24. The van der Waals surface area contributed by atoms with E-state index >= 15 is 0 Å². The van der Waals surface area contributed by atoms with E-state index in [-0.39, 0.29) is 0 Å². The third-order valence-corrected chi connectivity index (χ3v) is 2.87. The number of hydrogen-bond acceptors (Lipinski definition) is 2. The first-order chi connectivity index (χ1) is 6.68. The normalized spacial score (nSPS) is 19.9. The minimum absolute atomic E-state index is 0.423. The molecule has 0 radical (unpaired) electrons. The molecule has 0 bridgehead atoms. The molecule has 0 N–H and O–H groups in total. The lowest BCUT2D eigenvalue weighted by Crippen LogP contribution is -2.28. The zero-order valence-electron chi connectivity index (χ0n) is 8.13. The van der Waals surface area contributed by atoms with Crippen molar-refractivity contribution in [2.45, 2.75) is 19.1 Å². The molecule has 2 rings (SSSR count). The second-order valence-electron chi connectivity index (χ2n) is 3.63. The molecule has 1 heterocycles. The van der Waals surface area contributed by atoms with Gasteiger partial charge in [0.25, 0.3) is 0 Å². The van der Waals surface area contributed by atoms with Gasteiger partial charge >= 0.3 is 0 Å². The molecule has 0 unspecified atom stereocenters. The summed E-state index contributed by atoms with van der Waals surface area (Å²) >= 11 is 3.41. The third-order valence-electron chi connectivity index (χ3n) is 2.34. The van der Waals surface area contributed by atoms with E-state index in [1.807, 2.05) is 19.1 Å². The zero-order chi connectivity index (χ0) is 10.0. The highest BCUT2D eigenvalue weighted by molar-refractivity contribution is 9.10. The quantitative estimate of drug-likeness (QED) is 0.811. The highest BCUT2D eigenvalue weighted by Gasteiger charge is 2.30. The molecule has 0 saturated carbocycles. The van der Waals surface area contributed by atoms with Gasteiger partial charge in [-0.25, -0.2) is 0 Å². The second-order valence-corrected chi connectivity index (χ2v) is 4.55. The van der Waals surface area contributed by atoms with Crippen molar-refractivity contribution in [2.24, 2.45) is 0 Å². The predicted molar refractivity (Wildman–Crippen MR) is 58.2 cm³/mol. The maximum Gasteiger partial charge on any atom is 0.169 e. The van der Waals surface area contributed by atoms with Gasteiger partial charge in [0.15, 0.2) is 5.79 Å². The molecule has 1 fully saturated rings. The minimum atomic E-state index is -0.423. The molecule has 1 aromatic carbocycles. The Balaban J connectivity index is 2.06. The number of rotatable bonds is 2. The first-order valence-electron chi connectivity index (χ1n) is 4.70. The molecule has 3 heteroatoms. The van der Waals surface area contributed by atoms with E-state index in [2.05, 4.69) is 28.1 Å². The van der Waals surface area contributed by atoms with Gasteiger partial charge in [0, 0.05) is 10.9 Å². The Morgan fingerprint density at radius 1 is 1.21 bits per heavy atom. The van der Waals surface area contributed by atoms with Crippen LogP contribution >= 0.6 is 15.9 Å². The lowest BCUT2D eigenvalue weighted by molar-refractivity contribution is -0.140. The fourth-order valence-corrected chi connectivity index (χ4v) is 1.90. The fourth-order valence-electron chi connectivity index (χ4n) is 1.63.